The molecule has 2 aromatic rings. The van der Waals surface area contributed by atoms with Gasteiger partial charge in [0.05, 0.1) is 17.6 Å². The summed E-state index contributed by atoms with van der Waals surface area (Å²) < 4.78 is 4.62. The van der Waals surface area contributed by atoms with Crippen molar-refractivity contribution in [3.63, 3.8) is 0 Å². The van der Waals surface area contributed by atoms with E-state index in [9.17, 15) is 4.79 Å². The van der Waals surface area contributed by atoms with Gasteiger partial charge in [0.1, 0.15) is 5.69 Å². The van der Waals surface area contributed by atoms with Crippen molar-refractivity contribution in [3.05, 3.63) is 35.3 Å². The van der Waals surface area contributed by atoms with Crippen molar-refractivity contribution in [1.82, 2.24) is 10.2 Å². The summed E-state index contributed by atoms with van der Waals surface area (Å²) in [5.41, 5.74) is 1.31. The number of esters is 1. The highest BCUT2D eigenvalue weighted by Gasteiger charge is 2.10. The first-order chi connectivity index (χ1) is 7.31. The minimum absolute atomic E-state index is 0.332. The molecule has 0 fully saturated rings. The quantitative estimate of drug-likeness (QED) is 0.726. The third-order valence-electron chi connectivity index (χ3n) is 1.85. The zero-order chi connectivity index (χ0) is 10.7. The molecule has 4 nitrogen and oxygen atoms in total. The van der Waals surface area contributed by atoms with E-state index in [-0.39, 0.29) is 5.97 Å². The van der Waals surface area contributed by atoms with Gasteiger partial charge in [0, 0.05) is 11.6 Å². The predicted octanol–water partition coefficient (Wildman–Crippen LogP) is 1.99. The monoisotopic (exact) mass is 220 g/mol. The second-order valence-electron chi connectivity index (χ2n) is 2.80. The fraction of sp³-hybridized carbons (Fsp3) is 0.100. The third kappa shape index (κ3) is 2.02. The van der Waals surface area contributed by atoms with E-state index in [0.717, 1.165) is 10.6 Å². The highest BCUT2D eigenvalue weighted by atomic mass is 32.1. The average Bonchev–Trinajstić information content (AvgIpc) is 2.78. The summed E-state index contributed by atoms with van der Waals surface area (Å²) in [6.45, 7) is 0. The van der Waals surface area contributed by atoms with Crippen LogP contribution in [0, 0.1) is 0 Å². The molecule has 0 N–H and O–H groups in total. The second-order valence-corrected chi connectivity index (χ2v) is 3.71. The molecule has 2 aromatic heterocycles. The zero-order valence-electron chi connectivity index (χ0n) is 8.01. The van der Waals surface area contributed by atoms with Crippen LogP contribution in [0.2, 0.25) is 0 Å². The Morgan fingerprint density at radius 3 is 3.07 bits per heavy atom. The summed E-state index contributed by atoms with van der Waals surface area (Å²) in [7, 11) is 1.36. The van der Waals surface area contributed by atoms with E-state index in [4.69, 9.17) is 0 Å². The van der Waals surface area contributed by atoms with Gasteiger partial charge in [-0.2, -0.15) is 5.10 Å². The SMILES string of the molecule is COC(=O)c1csc(-c2cccnn2)c1. The smallest absolute Gasteiger partial charge is 0.338 e. The Morgan fingerprint density at radius 1 is 1.53 bits per heavy atom. The average molecular weight is 220 g/mol. The number of methoxy groups -OCH3 is 1. The summed E-state index contributed by atoms with van der Waals surface area (Å²) in [6.07, 6.45) is 1.61. The van der Waals surface area contributed by atoms with Crippen molar-refractivity contribution in [2.45, 2.75) is 0 Å². The highest BCUT2D eigenvalue weighted by Crippen LogP contribution is 2.25. The molecule has 2 rings (SSSR count). The number of hydrogen-bond donors (Lipinski definition) is 0. The molecule has 0 saturated carbocycles. The van der Waals surface area contributed by atoms with Gasteiger partial charge in [-0.15, -0.1) is 16.4 Å². The van der Waals surface area contributed by atoms with Crippen LogP contribution in [-0.2, 0) is 4.74 Å². The Balaban J connectivity index is 2.32. The van der Waals surface area contributed by atoms with Crippen LogP contribution < -0.4 is 0 Å². The lowest BCUT2D eigenvalue weighted by atomic mass is 10.2. The molecule has 2 heterocycles. The van der Waals surface area contributed by atoms with Crippen LogP contribution in [0.1, 0.15) is 10.4 Å². The lowest BCUT2D eigenvalue weighted by molar-refractivity contribution is 0.0601. The first-order valence-electron chi connectivity index (χ1n) is 4.26. The van der Waals surface area contributed by atoms with Gasteiger partial charge < -0.3 is 4.74 Å². The van der Waals surface area contributed by atoms with Crippen LogP contribution in [-0.4, -0.2) is 23.3 Å². The minimum Gasteiger partial charge on any atom is -0.465 e. The molecule has 0 amide bonds. The van der Waals surface area contributed by atoms with Gasteiger partial charge in [0.2, 0.25) is 0 Å². The molecule has 0 unspecified atom stereocenters. The predicted molar refractivity (Wildman–Crippen MR) is 56.7 cm³/mol. The second kappa shape index (κ2) is 4.18. The number of ether oxygens (including phenoxy) is 1. The largest absolute Gasteiger partial charge is 0.465 e. The van der Waals surface area contributed by atoms with Gasteiger partial charge in [-0.1, -0.05) is 0 Å². The molecule has 0 spiro atoms. The van der Waals surface area contributed by atoms with E-state index in [0.29, 0.717) is 5.56 Å². The number of nitrogens with zero attached hydrogens (tertiary/aromatic N) is 2. The van der Waals surface area contributed by atoms with Crippen molar-refractivity contribution in [3.8, 4) is 10.6 Å². The Morgan fingerprint density at radius 2 is 2.40 bits per heavy atom. The molecule has 5 heteroatoms. The maximum atomic E-state index is 11.2. The Kier molecular flexibility index (Phi) is 2.73. The highest BCUT2D eigenvalue weighted by molar-refractivity contribution is 7.13. The van der Waals surface area contributed by atoms with Crippen LogP contribution in [0.4, 0.5) is 0 Å². The number of carbonyl (C=O) groups is 1. The first-order valence-corrected chi connectivity index (χ1v) is 5.14. The van der Waals surface area contributed by atoms with Crippen molar-refractivity contribution in [2.75, 3.05) is 7.11 Å². The van der Waals surface area contributed by atoms with E-state index in [1.54, 1.807) is 23.7 Å². The van der Waals surface area contributed by atoms with E-state index in [2.05, 4.69) is 14.9 Å². The molecule has 15 heavy (non-hydrogen) atoms. The molecule has 0 aliphatic carbocycles. The molecule has 0 aromatic carbocycles. The van der Waals surface area contributed by atoms with Gasteiger partial charge in [-0.3, -0.25) is 0 Å². The number of thiophene rings is 1. The molecule has 0 bridgehead atoms. The maximum absolute atomic E-state index is 11.2. The van der Waals surface area contributed by atoms with Crippen LogP contribution in [0.15, 0.2) is 29.8 Å². The zero-order valence-corrected chi connectivity index (χ0v) is 8.82. The Bertz CT molecular complexity index is 467. The topological polar surface area (TPSA) is 52.1 Å². The molecule has 0 aliphatic rings. The normalized spacial score (nSPS) is 9.93. The molecular weight excluding hydrogens is 212 g/mol. The van der Waals surface area contributed by atoms with Gasteiger partial charge in [-0.25, -0.2) is 4.79 Å². The minimum atomic E-state index is -0.332. The first kappa shape index (κ1) is 9.79. The molecule has 0 aliphatic heterocycles. The number of rotatable bonds is 2. The van der Waals surface area contributed by atoms with Crippen LogP contribution >= 0.6 is 11.3 Å². The lowest BCUT2D eigenvalue weighted by Gasteiger charge is -1.93. The molecule has 0 saturated heterocycles. The summed E-state index contributed by atoms with van der Waals surface area (Å²) in [5.74, 6) is -0.332. The van der Waals surface area contributed by atoms with Crippen LogP contribution in [0.3, 0.4) is 0 Å². The molecule has 0 atom stereocenters. The van der Waals surface area contributed by atoms with E-state index in [1.807, 2.05) is 6.07 Å². The summed E-state index contributed by atoms with van der Waals surface area (Å²) in [4.78, 5) is 12.1. The van der Waals surface area contributed by atoms with Gasteiger partial charge in [0.25, 0.3) is 0 Å². The van der Waals surface area contributed by atoms with E-state index >= 15 is 0 Å². The standard InChI is InChI=1S/C10H8N2O2S/c1-14-10(13)7-5-9(15-6-7)8-3-2-4-11-12-8/h2-6H,1H3. The van der Waals surface area contributed by atoms with Gasteiger partial charge in [0.15, 0.2) is 0 Å². The Labute approximate surface area is 90.5 Å². The number of hydrogen-bond acceptors (Lipinski definition) is 5. The fourth-order valence-electron chi connectivity index (χ4n) is 1.13. The van der Waals surface area contributed by atoms with Gasteiger partial charge >= 0.3 is 5.97 Å². The summed E-state index contributed by atoms with van der Waals surface area (Å²) in [5, 5.41) is 9.48. The molecule has 76 valence electrons. The van der Waals surface area contributed by atoms with Crippen molar-refractivity contribution in [2.24, 2.45) is 0 Å². The van der Waals surface area contributed by atoms with E-state index in [1.165, 1.54) is 18.4 Å². The molecule has 0 radical (unpaired) electrons. The maximum Gasteiger partial charge on any atom is 0.338 e. The lowest BCUT2D eigenvalue weighted by Crippen LogP contribution is -1.98. The molecular formula is C10H8N2O2S. The van der Waals surface area contributed by atoms with E-state index < -0.39 is 0 Å². The fourth-order valence-corrected chi connectivity index (χ4v) is 1.97. The van der Waals surface area contributed by atoms with Crippen molar-refractivity contribution >= 4 is 17.3 Å². The number of aromatic nitrogens is 2. The van der Waals surface area contributed by atoms with Crippen molar-refractivity contribution < 1.29 is 9.53 Å². The van der Waals surface area contributed by atoms with Gasteiger partial charge in [-0.05, 0) is 18.2 Å². The summed E-state index contributed by atoms with van der Waals surface area (Å²) >= 11 is 1.44. The Hall–Kier alpha value is -1.75. The van der Waals surface area contributed by atoms with Crippen molar-refractivity contribution in [1.29, 1.82) is 0 Å². The van der Waals surface area contributed by atoms with Crippen LogP contribution in [0.25, 0.3) is 10.6 Å². The van der Waals surface area contributed by atoms with Crippen LogP contribution in [0.5, 0.6) is 0 Å². The third-order valence-corrected chi connectivity index (χ3v) is 2.80. The number of carbonyl (C=O) groups excluding carboxylic acids is 1. The summed E-state index contributed by atoms with van der Waals surface area (Å²) in [6, 6.07) is 5.40.